The maximum Gasteiger partial charge on any atom is 0 e. The monoisotopic (exact) mass is 259 g/mol. The van der Waals surface area contributed by atoms with E-state index in [0.29, 0.717) is 10.8 Å². The molecule has 0 saturated carbocycles. The quantitative estimate of drug-likeness (QED) is 0.601. The molecule has 1 radical (unpaired) electrons. The van der Waals surface area contributed by atoms with Crippen LogP contribution in [0.5, 0.6) is 0 Å². The van der Waals surface area contributed by atoms with Crippen molar-refractivity contribution in [2.24, 2.45) is 10.8 Å². The Morgan fingerprint density at radius 2 is 1.31 bits per heavy atom. The predicted molar refractivity (Wildman–Crippen MR) is 59.4 cm³/mol. The van der Waals surface area contributed by atoms with Gasteiger partial charge in [-0.3, -0.25) is 0 Å². The zero-order valence-corrected chi connectivity index (χ0v) is 12.3. The molecule has 0 aromatic rings. The minimum atomic E-state index is 0. The molecule has 0 atom stereocenters. The minimum Gasteiger partial charge on any atom is -0.0875 e. The molecule has 0 saturated heterocycles. The normalized spacial score (nSPS) is 12.2. The summed E-state index contributed by atoms with van der Waals surface area (Å²) >= 11 is 0. The average molecular weight is 259 g/mol. The number of rotatable bonds is 1. The third kappa shape index (κ3) is 19.3. The molecule has 0 aliphatic rings. The smallest absolute Gasteiger partial charge is 0 e. The van der Waals surface area contributed by atoms with Gasteiger partial charge in [-0.15, -0.1) is 0 Å². The first-order chi connectivity index (χ1) is 4.71. The molecule has 0 nitrogen and oxygen atoms in total. The molecule has 0 bridgehead atoms. The molecule has 0 spiro atoms. The van der Waals surface area contributed by atoms with Crippen molar-refractivity contribution in [1.82, 2.24) is 0 Å². The van der Waals surface area contributed by atoms with E-state index in [2.05, 4.69) is 53.7 Å². The molecule has 0 aliphatic heterocycles. The van der Waals surface area contributed by atoms with E-state index in [1.807, 2.05) is 0 Å². The van der Waals surface area contributed by atoms with Gasteiger partial charge in [-0.1, -0.05) is 61.1 Å². The van der Waals surface area contributed by atoms with Gasteiger partial charge in [0.1, 0.15) is 0 Å². The Morgan fingerprint density at radius 1 is 0.923 bits per heavy atom. The van der Waals surface area contributed by atoms with Crippen molar-refractivity contribution in [2.45, 2.75) is 55.4 Å². The summed E-state index contributed by atoms with van der Waals surface area (Å²) in [6.45, 7) is 13.5. The Kier molecular flexibility index (Phi) is 10.7. The van der Waals surface area contributed by atoms with Crippen molar-refractivity contribution in [2.75, 3.05) is 0 Å². The molecule has 0 amide bonds. The maximum absolute atomic E-state index is 2.29. The van der Waals surface area contributed by atoms with Gasteiger partial charge in [-0.05, 0) is 17.3 Å². The van der Waals surface area contributed by atoms with Gasteiger partial charge < -0.3 is 0 Å². The fourth-order valence-electron chi connectivity index (χ4n) is 0.766. The van der Waals surface area contributed by atoms with Crippen LogP contribution in [0.15, 0.2) is 12.2 Å². The van der Waals surface area contributed by atoms with Crippen LogP contribution in [0.1, 0.15) is 55.4 Å². The van der Waals surface area contributed by atoms with Gasteiger partial charge in [-0.2, -0.15) is 0 Å². The van der Waals surface area contributed by atoms with E-state index < -0.39 is 0 Å². The summed E-state index contributed by atoms with van der Waals surface area (Å²) in [6, 6.07) is 0. The Labute approximate surface area is 110 Å². The van der Waals surface area contributed by atoms with E-state index in [9.17, 15) is 0 Å². The van der Waals surface area contributed by atoms with Gasteiger partial charge in [-0.25, -0.2) is 0 Å². The van der Waals surface area contributed by atoms with Crippen molar-refractivity contribution < 1.29 is 32.7 Å². The van der Waals surface area contributed by atoms with Crippen LogP contribution in [-0.4, -0.2) is 0 Å². The van der Waals surface area contributed by atoms with Gasteiger partial charge in [0.2, 0.25) is 0 Å². The Balaban J connectivity index is -0.000000500. The van der Waals surface area contributed by atoms with Gasteiger partial charge in [0.25, 0.3) is 0 Å². The predicted octanol–water partition coefficient (Wildman–Crippen LogP) is 4.66. The van der Waals surface area contributed by atoms with Crippen LogP contribution in [0.3, 0.4) is 0 Å². The first-order valence-electron chi connectivity index (χ1n) is 4.38. The van der Waals surface area contributed by atoms with Crippen LogP contribution < -0.4 is 0 Å². The fraction of sp³-hybridized carbons (Fsp3) is 0.833. The minimum absolute atomic E-state index is 0. The molecule has 13 heavy (non-hydrogen) atoms. The molecule has 1 heteroatoms. The van der Waals surface area contributed by atoms with Crippen molar-refractivity contribution >= 4 is 0 Å². The van der Waals surface area contributed by atoms with Gasteiger partial charge in [0.05, 0.1) is 0 Å². The number of hydrogen-bond acceptors (Lipinski definition) is 0. The SMILES string of the molecule is C.CC(C)(C)/C=C\CC(C)(C)C.[Y]. The summed E-state index contributed by atoms with van der Waals surface area (Å²) in [4.78, 5) is 0. The summed E-state index contributed by atoms with van der Waals surface area (Å²) in [6.07, 6.45) is 5.75. The van der Waals surface area contributed by atoms with Crippen molar-refractivity contribution in [3.8, 4) is 0 Å². The Hall–Kier alpha value is 0.844. The summed E-state index contributed by atoms with van der Waals surface area (Å²) in [5.74, 6) is 0. The molecule has 0 rings (SSSR count). The largest absolute Gasteiger partial charge is 0.0875 e. The van der Waals surface area contributed by atoms with E-state index in [-0.39, 0.29) is 40.1 Å². The van der Waals surface area contributed by atoms with Crippen LogP contribution in [-0.2, 0) is 32.7 Å². The van der Waals surface area contributed by atoms with E-state index >= 15 is 0 Å². The standard InChI is InChI=1S/C11H22.CH4.Y/c1-10(2,3)8-7-9-11(4,5)6;;/h7-8H,9H2,1-6H3;1H4;/b8-7-;;. The van der Waals surface area contributed by atoms with Crippen LogP contribution in [0.25, 0.3) is 0 Å². The third-order valence-electron chi connectivity index (χ3n) is 1.35. The summed E-state index contributed by atoms with van der Waals surface area (Å²) in [7, 11) is 0. The second-order valence-electron chi connectivity index (χ2n) is 5.53. The summed E-state index contributed by atoms with van der Waals surface area (Å²) < 4.78 is 0. The molecule has 0 aromatic carbocycles. The average Bonchev–Trinajstić information content (AvgIpc) is 1.55. The second-order valence-corrected chi connectivity index (χ2v) is 5.53. The third-order valence-corrected chi connectivity index (χ3v) is 1.35. The zero-order chi connectivity index (χ0) is 9.12. The molecule has 77 valence electrons. The molecule has 0 aliphatic carbocycles. The molecule has 0 aromatic heterocycles. The second kappa shape index (κ2) is 7.18. The van der Waals surface area contributed by atoms with E-state index in [1.165, 1.54) is 6.42 Å². The van der Waals surface area contributed by atoms with E-state index in [1.54, 1.807) is 0 Å². The Bertz CT molecular complexity index is 132. The first kappa shape index (κ1) is 19.4. The van der Waals surface area contributed by atoms with Gasteiger partial charge in [0.15, 0.2) is 0 Å². The molecular formula is C12H26Y. The van der Waals surface area contributed by atoms with E-state index in [4.69, 9.17) is 0 Å². The van der Waals surface area contributed by atoms with Gasteiger partial charge in [0, 0.05) is 32.7 Å². The van der Waals surface area contributed by atoms with E-state index in [0.717, 1.165) is 0 Å². The van der Waals surface area contributed by atoms with Crippen LogP contribution in [0.4, 0.5) is 0 Å². The van der Waals surface area contributed by atoms with Crippen LogP contribution in [0.2, 0.25) is 0 Å². The topological polar surface area (TPSA) is 0 Å². The molecule has 0 unspecified atom stereocenters. The first-order valence-corrected chi connectivity index (χ1v) is 4.38. The van der Waals surface area contributed by atoms with Crippen LogP contribution >= 0.6 is 0 Å². The van der Waals surface area contributed by atoms with Crippen molar-refractivity contribution in [3.63, 3.8) is 0 Å². The van der Waals surface area contributed by atoms with Crippen LogP contribution in [0, 0.1) is 10.8 Å². The molecular weight excluding hydrogens is 233 g/mol. The van der Waals surface area contributed by atoms with Crippen molar-refractivity contribution in [1.29, 1.82) is 0 Å². The number of hydrogen-bond donors (Lipinski definition) is 0. The maximum atomic E-state index is 2.29. The zero-order valence-electron chi connectivity index (χ0n) is 9.44. The van der Waals surface area contributed by atoms with Gasteiger partial charge >= 0.3 is 0 Å². The molecule has 0 heterocycles. The number of allylic oxidation sites excluding steroid dienone is 2. The fourth-order valence-corrected chi connectivity index (χ4v) is 0.766. The summed E-state index contributed by atoms with van der Waals surface area (Å²) in [5, 5.41) is 0. The van der Waals surface area contributed by atoms with Crippen molar-refractivity contribution in [3.05, 3.63) is 12.2 Å². The Morgan fingerprint density at radius 3 is 1.54 bits per heavy atom. The summed E-state index contributed by atoms with van der Waals surface area (Å²) in [5.41, 5.74) is 0.771. The molecule has 0 fully saturated rings. The molecule has 0 N–H and O–H groups in total.